The zero-order valence-corrected chi connectivity index (χ0v) is 11.2. The molecule has 0 heterocycles. The van der Waals surface area contributed by atoms with Gasteiger partial charge < -0.3 is 10.6 Å². The van der Waals surface area contributed by atoms with E-state index in [2.05, 4.69) is 15.9 Å². The number of likely N-dealkylation sites (N-methyl/N-ethyl adjacent to an activating group) is 1. The summed E-state index contributed by atoms with van der Waals surface area (Å²) >= 11 is 3.37. The van der Waals surface area contributed by atoms with Crippen LogP contribution in [0.2, 0.25) is 0 Å². The Hall–Kier alpha value is -0.870. The highest BCUT2D eigenvalue weighted by molar-refractivity contribution is 9.10. The quantitative estimate of drug-likeness (QED) is 0.921. The van der Waals surface area contributed by atoms with Crippen LogP contribution in [0, 0.1) is 0 Å². The highest BCUT2D eigenvalue weighted by Gasteiger charge is 2.15. The molecule has 0 aromatic heterocycles. The smallest absolute Gasteiger partial charge is 0.239 e. The van der Waals surface area contributed by atoms with Gasteiger partial charge >= 0.3 is 0 Å². The lowest BCUT2D eigenvalue weighted by atomic mass is 10.2. The summed E-state index contributed by atoms with van der Waals surface area (Å²) in [5.74, 6) is -0.00887. The van der Waals surface area contributed by atoms with Gasteiger partial charge in [-0.15, -0.1) is 0 Å². The number of benzene rings is 1. The summed E-state index contributed by atoms with van der Waals surface area (Å²) in [5, 5.41) is 0. The normalized spacial score (nSPS) is 12.2. The minimum atomic E-state index is -0.388. The maximum atomic E-state index is 11.7. The molecule has 0 fully saturated rings. The lowest BCUT2D eigenvalue weighted by Gasteiger charge is -2.20. The monoisotopic (exact) mass is 284 g/mol. The first kappa shape index (κ1) is 13.2. The molecule has 16 heavy (non-hydrogen) atoms. The number of rotatable bonds is 4. The highest BCUT2D eigenvalue weighted by Crippen LogP contribution is 2.12. The minimum absolute atomic E-state index is 0.00887. The van der Waals surface area contributed by atoms with Crippen LogP contribution in [0.1, 0.15) is 18.9 Å². The third-order valence-electron chi connectivity index (χ3n) is 2.47. The van der Waals surface area contributed by atoms with Crippen LogP contribution in [0.5, 0.6) is 0 Å². The molecule has 0 saturated carbocycles. The molecule has 88 valence electrons. The van der Waals surface area contributed by atoms with E-state index < -0.39 is 0 Å². The van der Waals surface area contributed by atoms with Crippen molar-refractivity contribution >= 4 is 21.8 Å². The first-order valence-corrected chi connectivity index (χ1v) is 6.09. The van der Waals surface area contributed by atoms with E-state index >= 15 is 0 Å². The van der Waals surface area contributed by atoms with Crippen molar-refractivity contribution in [2.24, 2.45) is 5.73 Å². The molecule has 0 unspecified atom stereocenters. The van der Waals surface area contributed by atoms with Crippen LogP contribution in [0.25, 0.3) is 0 Å². The van der Waals surface area contributed by atoms with Crippen molar-refractivity contribution in [2.75, 3.05) is 7.05 Å². The summed E-state index contributed by atoms with van der Waals surface area (Å²) in [6.07, 6.45) is 0.670. The van der Waals surface area contributed by atoms with Crippen molar-refractivity contribution in [2.45, 2.75) is 25.9 Å². The lowest BCUT2D eigenvalue weighted by Crippen LogP contribution is -2.40. The second kappa shape index (κ2) is 6.01. The van der Waals surface area contributed by atoms with Gasteiger partial charge in [0, 0.05) is 18.1 Å². The molecular weight excluding hydrogens is 268 g/mol. The van der Waals surface area contributed by atoms with Crippen molar-refractivity contribution < 1.29 is 4.79 Å². The molecule has 1 atom stereocenters. The second-order valence-electron chi connectivity index (χ2n) is 3.84. The molecule has 1 amide bonds. The summed E-state index contributed by atoms with van der Waals surface area (Å²) in [7, 11) is 1.78. The molecule has 0 aliphatic rings. The highest BCUT2D eigenvalue weighted by atomic mass is 79.9. The van der Waals surface area contributed by atoms with Gasteiger partial charge in [-0.1, -0.05) is 35.0 Å². The average Bonchev–Trinajstić information content (AvgIpc) is 2.30. The van der Waals surface area contributed by atoms with Crippen LogP contribution < -0.4 is 5.73 Å². The number of nitrogens with zero attached hydrogens (tertiary/aromatic N) is 1. The lowest BCUT2D eigenvalue weighted by molar-refractivity contribution is -0.131. The number of nitrogens with two attached hydrogens (primary N) is 1. The number of carbonyl (C=O) groups is 1. The fourth-order valence-electron chi connectivity index (χ4n) is 1.40. The fourth-order valence-corrected chi connectivity index (χ4v) is 1.66. The van der Waals surface area contributed by atoms with Crippen molar-refractivity contribution in [1.82, 2.24) is 4.90 Å². The Balaban J connectivity index is 2.60. The summed E-state index contributed by atoms with van der Waals surface area (Å²) in [4.78, 5) is 13.4. The van der Waals surface area contributed by atoms with E-state index in [1.807, 2.05) is 31.2 Å². The van der Waals surface area contributed by atoms with Crippen LogP contribution in [-0.2, 0) is 11.3 Å². The second-order valence-corrected chi connectivity index (χ2v) is 4.75. The standard InChI is InChI=1S/C12H17BrN2O/c1-3-11(14)12(16)15(2)8-9-4-6-10(13)7-5-9/h4-7,11H,3,8,14H2,1-2H3/t11-/m0/s1. The Bertz CT molecular complexity index is 351. The number of amides is 1. The summed E-state index contributed by atoms with van der Waals surface area (Å²) in [6, 6.07) is 7.53. The molecule has 0 saturated heterocycles. The Morgan fingerprint density at radius 2 is 2.00 bits per heavy atom. The minimum Gasteiger partial charge on any atom is -0.340 e. The van der Waals surface area contributed by atoms with Crippen LogP contribution >= 0.6 is 15.9 Å². The van der Waals surface area contributed by atoms with Crippen molar-refractivity contribution in [1.29, 1.82) is 0 Å². The predicted molar refractivity (Wildman–Crippen MR) is 68.9 cm³/mol. The molecule has 0 bridgehead atoms. The van der Waals surface area contributed by atoms with Gasteiger partial charge in [-0.25, -0.2) is 0 Å². The van der Waals surface area contributed by atoms with Gasteiger partial charge in [0.1, 0.15) is 0 Å². The SMILES string of the molecule is CC[C@H](N)C(=O)N(C)Cc1ccc(Br)cc1. The van der Waals surface area contributed by atoms with E-state index in [9.17, 15) is 4.79 Å². The maximum absolute atomic E-state index is 11.7. The topological polar surface area (TPSA) is 46.3 Å². The molecule has 0 aliphatic heterocycles. The molecule has 4 heteroatoms. The van der Waals surface area contributed by atoms with Gasteiger partial charge in [0.15, 0.2) is 0 Å². The van der Waals surface area contributed by atoms with Crippen molar-refractivity contribution in [3.63, 3.8) is 0 Å². The molecule has 2 N–H and O–H groups in total. The van der Waals surface area contributed by atoms with Crippen LogP contribution in [0.3, 0.4) is 0 Å². The molecule has 1 aromatic rings. The van der Waals surface area contributed by atoms with E-state index in [0.29, 0.717) is 13.0 Å². The van der Waals surface area contributed by atoms with Crippen LogP contribution in [-0.4, -0.2) is 23.9 Å². The molecule has 0 aliphatic carbocycles. The maximum Gasteiger partial charge on any atom is 0.239 e. The van der Waals surface area contributed by atoms with Gasteiger partial charge in [-0.2, -0.15) is 0 Å². The average molecular weight is 285 g/mol. The van der Waals surface area contributed by atoms with E-state index in [0.717, 1.165) is 10.0 Å². The zero-order chi connectivity index (χ0) is 12.1. The van der Waals surface area contributed by atoms with E-state index in [1.54, 1.807) is 11.9 Å². The summed E-state index contributed by atoms with van der Waals surface area (Å²) < 4.78 is 1.04. The van der Waals surface area contributed by atoms with Crippen LogP contribution in [0.15, 0.2) is 28.7 Å². The van der Waals surface area contributed by atoms with Crippen molar-refractivity contribution in [3.05, 3.63) is 34.3 Å². The number of carbonyl (C=O) groups excluding carboxylic acids is 1. The molecule has 0 spiro atoms. The first-order valence-electron chi connectivity index (χ1n) is 5.29. The number of halogens is 1. The molecule has 1 rings (SSSR count). The Morgan fingerprint density at radius 3 is 2.50 bits per heavy atom. The van der Waals surface area contributed by atoms with Gasteiger partial charge in [0.05, 0.1) is 6.04 Å². The molecule has 0 radical (unpaired) electrons. The zero-order valence-electron chi connectivity index (χ0n) is 9.61. The van der Waals surface area contributed by atoms with Gasteiger partial charge in [0.2, 0.25) is 5.91 Å². The molecule has 1 aromatic carbocycles. The Labute approximate surface area is 105 Å². The Morgan fingerprint density at radius 1 is 1.44 bits per heavy atom. The summed E-state index contributed by atoms with van der Waals surface area (Å²) in [6.45, 7) is 2.51. The van der Waals surface area contributed by atoms with E-state index in [4.69, 9.17) is 5.73 Å². The van der Waals surface area contributed by atoms with Crippen molar-refractivity contribution in [3.8, 4) is 0 Å². The van der Waals surface area contributed by atoms with Crippen LogP contribution in [0.4, 0.5) is 0 Å². The van der Waals surface area contributed by atoms with E-state index in [-0.39, 0.29) is 11.9 Å². The third kappa shape index (κ3) is 3.61. The van der Waals surface area contributed by atoms with Gasteiger partial charge in [0.25, 0.3) is 0 Å². The number of hydrogen-bond acceptors (Lipinski definition) is 2. The Kier molecular flexibility index (Phi) is 4.96. The summed E-state index contributed by atoms with van der Waals surface area (Å²) in [5.41, 5.74) is 6.80. The largest absolute Gasteiger partial charge is 0.340 e. The number of hydrogen-bond donors (Lipinski definition) is 1. The third-order valence-corrected chi connectivity index (χ3v) is 2.99. The first-order chi connectivity index (χ1) is 7.54. The van der Waals surface area contributed by atoms with Gasteiger partial charge in [-0.3, -0.25) is 4.79 Å². The molecular formula is C12H17BrN2O. The van der Waals surface area contributed by atoms with Gasteiger partial charge in [-0.05, 0) is 24.1 Å². The van der Waals surface area contributed by atoms with E-state index in [1.165, 1.54) is 0 Å². The molecule has 3 nitrogen and oxygen atoms in total. The fraction of sp³-hybridized carbons (Fsp3) is 0.417. The predicted octanol–water partition coefficient (Wildman–Crippen LogP) is 2.14.